The third kappa shape index (κ3) is 4.06. The molecule has 34 heavy (non-hydrogen) atoms. The fraction of sp³-hybridized carbons (Fsp3) is 0.0714. The first-order chi connectivity index (χ1) is 16.5. The van der Waals surface area contributed by atoms with Gasteiger partial charge in [-0.2, -0.15) is 0 Å². The summed E-state index contributed by atoms with van der Waals surface area (Å²) in [5.74, 6) is -1.43. The van der Waals surface area contributed by atoms with Gasteiger partial charge >= 0.3 is 0 Å². The molecule has 168 valence electrons. The van der Waals surface area contributed by atoms with Gasteiger partial charge in [0.25, 0.3) is 11.8 Å². The van der Waals surface area contributed by atoms with Crippen molar-refractivity contribution in [1.82, 2.24) is 0 Å². The van der Waals surface area contributed by atoms with E-state index >= 15 is 0 Å². The minimum absolute atomic E-state index is 0.0963. The molecule has 1 aliphatic heterocycles. The van der Waals surface area contributed by atoms with Crippen molar-refractivity contribution in [1.29, 1.82) is 0 Å². The Morgan fingerprint density at radius 3 is 1.35 bits per heavy atom. The van der Waals surface area contributed by atoms with E-state index < -0.39 is 11.6 Å². The van der Waals surface area contributed by atoms with Gasteiger partial charge in [-0.25, -0.2) is 8.78 Å². The molecule has 0 spiro atoms. The summed E-state index contributed by atoms with van der Waals surface area (Å²) in [5.41, 5.74) is 2.73. The summed E-state index contributed by atoms with van der Waals surface area (Å²) in [6, 6.07) is 25.8. The van der Waals surface area contributed by atoms with Gasteiger partial charge in [-0.15, -0.1) is 0 Å². The minimum Gasteiger partial charge on any atom is -0.303 e. The molecule has 0 aliphatic carbocycles. The van der Waals surface area contributed by atoms with Crippen LogP contribution in [-0.2, 0) is 13.1 Å². The molecule has 0 unspecified atom stereocenters. The zero-order valence-electron chi connectivity index (χ0n) is 18.1. The Bertz CT molecular complexity index is 1300. The molecule has 2 amide bonds. The van der Waals surface area contributed by atoms with Gasteiger partial charge in [0, 0.05) is 0 Å². The topological polar surface area (TPSA) is 40.6 Å². The highest BCUT2D eigenvalue weighted by Crippen LogP contribution is 2.34. The highest BCUT2D eigenvalue weighted by molar-refractivity contribution is 6.20. The third-order valence-electron chi connectivity index (χ3n) is 5.80. The molecule has 4 aromatic rings. The Hall–Kier alpha value is -4.32. The molecule has 1 aliphatic rings. The van der Waals surface area contributed by atoms with E-state index in [0.29, 0.717) is 33.6 Å². The highest BCUT2D eigenvalue weighted by atomic mass is 19.1. The largest absolute Gasteiger partial charge is 0.303 e. The van der Waals surface area contributed by atoms with Gasteiger partial charge in [0.15, 0.2) is 0 Å². The van der Waals surface area contributed by atoms with Crippen molar-refractivity contribution in [2.45, 2.75) is 13.1 Å². The second kappa shape index (κ2) is 8.90. The number of carbonyl (C=O) groups is 2. The molecule has 0 saturated heterocycles. The molecule has 0 radical (unpaired) electrons. The van der Waals surface area contributed by atoms with Gasteiger partial charge in [-0.3, -0.25) is 9.59 Å². The second-order valence-electron chi connectivity index (χ2n) is 8.08. The number of carbonyl (C=O) groups excluding carboxylic acids is 2. The maximum atomic E-state index is 13.9. The van der Waals surface area contributed by atoms with Crippen LogP contribution in [0.1, 0.15) is 31.8 Å². The van der Waals surface area contributed by atoms with E-state index in [1.54, 1.807) is 72.8 Å². The van der Waals surface area contributed by atoms with Gasteiger partial charge in [0.2, 0.25) is 0 Å². The number of anilines is 2. The van der Waals surface area contributed by atoms with Gasteiger partial charge in [0.05, 0.1) is 35.6 Å². The molecule has 4 aromatic carbocycles. The SMILES string of the molecule is O=C1c2ccccc2N(Cc2cccc(F)c2)C(=O)c2ccccc2N1Cc1cccc(F)c1. The van der Waals surface area contributed by atoms with Crippen molar-refractivity contribution in [2.75, 3.05) is 9.80 Å². The number of amides is 2. The Kier molecular flexibility index (Phi) is 5.64. The lowest BCUT2D eigenvalue weighted by Crippen LogP contribution is -2.40. The van der Waals surface area contributed by atoms with E-state index in [-0.39, 0.29) is 24.9 Å². The number of benzene rings is 4. The van der Waals surface area contributed by atoms with Crippen molar-refractivity contribution in [3.63, 3.8) is 0 Å². The zero-order valence-corrected chi connectivity index (χ0v) is 18.1. The van der Waals surface area contributed by atoms with Gasteiger partial charge in [-0.05, 0) is 59.7 Å². The smallest absolute Gasteiger partial charge is 0.260 e. The van der Waals surface area contributed by atoms with Crippen LogP contribution in [0.5, 0.6) is 0 Å². The second-order valence-corrected chi connectivity index (χ2v) is 8.08. The van der Waals surface area contributed by atoms with Crippen LogP contribution in [0.2, 0.25) is 0 Å². The third-order valence-corrected chi connectivity index (χ3v) is 5.80. The average molecular weight is 454 g/mol. The standard InChI is InChI=1S/C28H20F2N2O2/c29-21-9-5-7-19(15-21)17-31-25-13-3-1-11-23(25)27(33)32(18-20-8-6-10-22(30)16-20)26-14-4-2-12-24(26)28(31)34/h1-16H,17-18H2. The van der Waals surface area contributed by atoms with Crippen LogP contribution in [0.3, 0.4) is 0 Å². The molecule has 0 atom stereocenters. The van der Waals surface area contributed by atoms with Crippen LogP contribution in [-0.4, -0.2) is 11.8 Å². The summed E-state index contributed by atoms with van der Waals surface area (Å²) in [7, 11) is 0. The van der Waals surface area contributed by atoms with Gasteiger partial charge in [0.1, 0.15) is 11.6 Å². The summed E-state index contributed by atoms with van der Waals surface area (Å²) in [5, 5.41) is 0. The normalized spacial score (nSPS) is 13.2. The van der Waals surface area contributed by atoms with Crippen LogP contribution in [0.15, 0.2) is 97.1 Å². The van der Waals surface area contributed by atoms with E-state index in [2.05, 4.69) is 0 Å². The number of halogens is 2. The lowest BCUT2D eigenvalue weighted by Gasteiger charge is -2.33. The lowest BCUT2D eigenvalue weighted by molar-refractivity contribution is 0.0971. The Morgan fingerprint density at radius 1 is 0.529 bits per heavy atom. The number of nitrogens with zero attached hydrogens (tertiary/aromatic N) is 2. The first kappa shape index (κ1) is 21.5. The Balaban J connectivity index is 1.65. The van der Waals surface area contributed by atoms with Crippen LogP contribution in [0, 0.1) is 11.6 Å². The van der Waals surface area contributed by atoms with Crippen LogP contribution in [0.4, 0.5) is 20.2 Å². The first-order valence-corrected chi connectivity index (χ1v) is 10.8. The Labute approximate surface area is 195 Å². The van der Waals surface area contributed by atoms with Crippen molar-refractivity contribution in [3.8, 4) is 0 Å². The quantitative estimate of drug-likeness (QED) is 0.381. The predicted octanol–water partition coefficient (Wildman–Crippen LogP) is 5.97. The minimum atomic E-state index is -0.400. The summed E-state index contributed by atoms with van der Waals surface area (Å²) in [4.78, 5) is 30.7. The van der Waals surface area contributed by atoms with Crippen molar-refractivity contribution in [2.24, 2.45) is 0 Å². The predicted molar refractivity (Wildman–Crippen MR) is 127 cm³/mol. The van der Waals surface area contributed by atoms with E-state index in [9.17, 15) is 18.4 Å². The van der Waals surface area contributed by atoms with E-state index in [4.69, 9.17) is 0 Å². The van der Waals surface area contributed by atoms with Crippen molar-refractivity contribution >= 4 is 23.2 Å². The number of para-hydroxylation sites is 2. The molecular weight excluding hydrogens is 434 g/mol. The van der Waals surface area contributed by atoms with Gasteiger partial charge < -0.3 is 9.80 Å². The first-order valence-electron chi connectivity index (χ1n) is 10.8. The maximum absolute atomic E-state index is 13.9. The molecule has 1 heterocycles. The fourth-order valence-electron chi connectivity index (χ4n) is 4.24. The molecule has 4 nitrogen and oxygen atoms in total. The van der Waals surface area contributed by atoms with Gasteiger partial charge in [-0.1, -0.05) is 48.5 Å². The molecule has 6 heteroatoms. The summed E-state index contributed by atoms with van der Waals surface area (Å²) in [6.07, 6.45) is 0. The number of hydrogen-bond donors (Lipinski definition) is 0. The number of hydrogen-bond acceptors (Lipinski definition) is 2. The number of fused-ring (bicyclic) bond motifs is 2. The van der Waals surface area contributed by atoms with E-state index in [0.717, 1.165) is 0 Å². The lowest BCUT2D eigenvalue weighted by atomic mass is 10.0. The monoisotopic (exact) mass is 454 g/mol. The maximum Gasteiger partial charge on any atom is 0.260 e. The van der Waals surface area contributed by atoms with Crippen molar-refractivity contribution in [3.05, 3.63) is 131 Å². The van der Waals surface area contributed by atoms with E-state index in [1.807, 2.05) is 0 Å². The van der Waals surface area contributed by atoms with Crippen LogP contribution >= 0.6 is 0 Å². The summed E-state index contributed by atoms with van der Waals surface area (Å²) >= 11 is 0. The highest BCUT2D eigenvalue weighted by Gasteiger charge is 2.32. The van der Waals surface area contributed by atoms with Crippen LogP contribution in [0.25, 0.3) is 0 Å². The molecule has 0 fully saturated rings. The molecular formula is C28H20F2N2O2. The average Bonchev–Trinajstić information content (AvgIpc) is 2.85. The van der Waals surface area contributed by atoms with Crippen molar-refractivity contribution < 1.29 is 18.4 Å². The molecule has 0 bridgehead atoms. The molecule has 5 rings (SSSR count). The molecule has 0 N–H and O–H groups in total. The zero-order chi connectivity index (χ0) is 23.7. The Morgan fingerprint density at radius 2 is 0.941 bits per heavy atom. The van der Waals surface area contributed by atoms with E-state index in [1.165, 1.54) is 34.1 Å². The number of rotatable bonds is 4. The summed E-state index contributed by atoms with van der Waals surface area (Å²) in [6.45, 7) is 0.193. The summed E-state index contributed by atoms with van der Waals surface area (Å²) < 4.78 is 27.7. The fourth-order valence-corrected chi connectivity index (χ4v) is 4.24. The molecule has 0 saturated carbocycles. The molecule has 0 aromatic heterocycles. The van der Waals surface area contributed by atoms with Crippen LogP contribution < -0.4 is 9.80 Å².